The Morgan fingerprint density at radius 1 is 1.62 bits per heavy atom. The third-order valence-electron chi connectivity index (χ3n) is 1.78. The van der Waals surface area contributed by atoms with Crippen molar-refractivity contribution < 1.29 is 19.0 Å². The van der Waals surface area contributed by atoms with Crippen LogP contribution in [-0.2, 0) is 19.0 Å². The van der Waals surface area contributed by atoms with E-state index in [-0.39, 0.29) is 5.97 Å². The van der Waals surface area contributed by atoms with E-state index in [1.807, 2.05) is 0 Å². The minimum atomic E-state index is -0.828. The molecule has 1 fully saturated rings. The van der Waals surface area contributed by atoms with Crippen LogP contribution in [0.3, 0.4) is 0 Å². The molecular weight excluding hydrogens is 174 g/mol. The number of esters is 1. The highest BCUT2D eigenvalue weighted by Crippen LogP contribution is 2.21. The maximum atomic E-state index is 10.7. The summed E-state index contributed by atoms with van der Waals surface area (Å²) in [5.74, 6) is -1.02. The molecule has 5 heteroatoms. The lowest BCUT2D eigenvalue weighted by molar-refractivity contribution is -0.140. The molecule has 1 atom stereocenters. The molecule has 0 amide bonds. The molecular formula is C8H15NO4. The standard InChI is InChI=1S/C8H15NO4/c1-11-7(10)4-2-3-5-12-8(9)6-13-8/h2-6,9H2,1H3. The molecule has 0 aliphatic carbocycles. The lowest BCUT2D eigenvalue weighted by Gasteiger charge is -2.06. The summed E-state index contributed by atoms with van der Waals surface area (Å²) in [5.41, 5.74) is 5.48. The number of rotatable bonds is 6. The fraction of sp³-hybridized carbons (Fsp3) is 0.875. The van der Waals surface area contributed by atoms with Crippen LogP contribution in [-0.4, -0.2) is 32.2 Å². The van der Waals surface area contributed by atoms with Crippen molar-refractivity contribution in [2.24, 2.45) is 5.73 Å². The first-order chi connectivity index (χ1) is 6.16. The first kappa shape index (κ1) is 10.4. The number of methoxy groups -OCH3 is 1. The zero-order valence-corrected chi connectivity index (χ0v) is 7.75. The fourth-order valence-electron chi connectivity index (χ4n) is 0.873. The van der Waals surface area contributed by atoms with E-state index in [4.69, 9.17) is 15.2 Å². The molecule has 1 rings (SSSR count). The van der Waals surface area contributed by atoms with Crippen LogP contribution < -0.4 is 5.73 Å². The second-order valence-electron chi connectivity index (χ2n) is 2.98. The highest BCUT2D eigenvalue weighted by Gasteiger charge is 2.41. The van der Waals surface area contributed by atoms with Gasteiger partial charge in [-0.1, -0.05) is 0 Å². The lowest BCUT2D eigenvalue weighted by atomic mass is 10.2. The van der Waals surface area contributed by atoms with Crippen LogP contribution in [0.2, 0.25) is 0 Å². The van der Waals surface area contributed by atoms with Crippen LogP contribution in [0.15, 0.2) is 0 Å². The molecule has 0 radical (unpaired) electrons. The SMILES string of the molecule is COC(=O)CCCCOC1(N)CO1. The highest BCUT2D eigenvalue weighted by molar-refractivity contribution is 5.68. The minimum Gasteiger partial charge on any atom is -0.469 e. The van der Waals surface area contributed by atoms with Gasteiger partial charge in [0.15, 0.2) is 0 Å². The molecule has 0 aromatic heterocycles. The number of unbranched alkanes of at least 4 members (excludes halogenated alkanes) is 1. The molecule has 0 spiro atoms. The minimum absolute atomic E-state index is 0.190. The highest BCUT2D eigenvalue weighted by atomic mass is 16.8. The third-order valence-corrected chi connectivity index (χ3v) is 1.78. The van der Waals surface area contributed by atoms with Crippen molar-refractivity contribution in [1.29, 1.82) is 0 Å². The first-order valence-electron chi connectivity index (χ1n) is 4.30. The third kappa shape index (κ3) is 4.21. The number of epoxide rings is 1. The van der Waals surface area contributed by atoms with E-state index in [0.717, 1.165) is 12.8 Å². The van der Waals surface area contributed by atoms with E-state index in [0.29, 0.717) is 19.6 Å². The molecule has 0 bridgehead atoms. The summed E-state index contributed by atoms with van der Waals surface area (Å²) in [6.07, 6.45) is 1.97. The average molecular weight is 189 g/mol. The number of carbonyl (C=O) groups is 1. The second kappa shape index (κ2) is 4.55. The largest absolute Gasteiger partial charge is 0.469 e. The average Bonchev–Trinajstić information content (AvgIpc) is 2.83. The predicted octanol–water partition coefficient (Wildman–Crippen LogP) is -0.0110. The van der Waals surface area contributed by atoms with Crippen LogP contribution in [0.5, 0.6) is 0 Å². The van der Waals surface area contributed by atoms with Crippen molar-refractivity contribution in [2.45, 2.75) is 25.2 Å². The van der Waals surface area contributed by atoms with Crippen molar-refractivity contribution in [2.75, 3.05) is 20.3 Å². The van der Waals surface area contributed by atoms with Gasteiger partial charge in [-0.15, -0.1) is 0 Å². The molecule has 1 saturated heterocycles. The number of carbonyl (C=O) groups excluding carboxylic acids is 1. The van der Waals surface area contributed by atoms with E-state index < -0.39 is 5.91 Å². The van der Waals surface area contributed by atoms with Crippen LogP contribution >= 0.6 is 0 Å². The number of hydrogen-bond donors (Lipinski definition) is 1. The van der Waals surface area contributed by atoms with Crippen molar-refractivity contribution in [3.8, 4) is 0 Å². The molecule has 13 heavy (non-hydrogen) atoms. The molecule has 0 aromatic rings. The molecule has 1 aliphatic heterocycles. The van der Waals surface area contributed by atoms with Gasteiger partial charge in [0.25, 0.3) is 0 Å². The van der Waals surface area contributed by atoms with Gasteiger partial charge in [-0.25, -0.2) is 0 Å². The Kier molecular flexibility index (Phi) is 3.65. The monoisotopic (exact) mass is 189 g/mol. The zero-order chi connectivity index (χ0) is 9.73. The van der Waals surface area contributed by atoms with Gasteiger partial charge in [0, 0.05) is 6.42 Å². The summed E-state index contributed by atoms with van der Waals surface area (Å²) in [6.45, 7) is 0.984. The lowest BCUT2D eigenvalue weighted by Crippen LogP contribution is -2.28. The van der Waals surface area contributed by atoms with Gasteiger partial charge in [0.05, 0.1) is 13.7 Å². The van der Waals surface area contributed by atoms with Crippen molar-refractivity contribution >= 4 is 5.97 Å². The van der Waals surface area contributed by atoms with Gasteiger partial charge in [0.2, 0.25) is 5.91 Å². The van der Waals surface area contributed by atoms with Crippen LogP contribution in [0.25, 0.3) is 0 Å². The maximum absolute atomic E-state index is 10.7. The van der Waals surface area contributed by atoms with Gasteiger partial charge in [-0.3, -0.25) is 10.5 Å². The van der Waals surface area contributed by atoms with Gasteiger partial charge >= 0.3 is 5.97 Å². The van der Waals surface area contributed by atoms with Gasteiger partial charge in [-0.05, 0) is 12.8 Å². The van der Waals surface area contributed by atoms with E-state index in [1.54, 1.807) is 0 Å². The molecule has 1 heterocycles. The maximum Gasteiger partial charge on any atom is 0.305 e. The van der Waals surface area contributed by atoms with E-state index in [2.05, 4.69) is 4.74 Å². The molecule has 76 valence electrons. The second-order valence-corrected chi connectivity index (χ2v) is 2.98. The van der Waals surface area contributed by atoms with E-state index >= 15 is 0 Å². The van der Waals surface area contributed by atoms with Crippen LogP contribution in [0.4, 0.5) is 0 Å². The van der Waals surface area contributed by atoms with Crippen LogP contribution in [0.1, 0.15) is 19.3 Å². The number of nitrogens with two attached hydrogens (primary N) is 1. The molecule has 1 aliphatic rings. The van der Waals surface area contributed by atoms with E-state index in [1.165, 1.54) is 7.11 Å². The Morgan fingerprint density at radius 2 is 2.31 bits per heavy atom. The Morgan fingerprint density at radius 3 is 2.85 bits per heavy atom. The van der Waals surface area contributed by atoms with Gasteiger partial charge in [-0.2, -0.15) is 0 Å². The molecule has 1 unspecified atom stereocenters. The first-order valence-corrected chi connectivity index (χ1v) is 4.30. The molecule has 5 nitrogen and oxygen atoms in total. The summed E-state index contributed by atoms with van der Waals surface area (Å²) in [5, 5.41) is 0. The van der Waals surface area contributed by atoms with Crippen molar-refractivity contribution in [3.63, 3.8) is 0 Å². The molecule has 2 N–H and O–H groups in total. The summed E-state index contributed by atoms with van der Waals surface area (Å²) >= 11 is 0. The number of ether oxygens (including phenoxy) is 3. The Bertz CT molecular complexity index is 179. The fourth-order valence-corrected chi connectivity index (χ4v) is 0.873. The van der Waals surface area contributed by atoms with E-state index in [9.17, 15) is 4.79 Å². The summed E-state index contributed by atoms with van der Waals surface area (Å²) in [6, 6.07) is 0. The quantitative estimate of drug-likeness (QED) is 0.275. The van der Waals surface area contributed by atoms with Gasteiger partial charge < -0.3 is 14.2 Å². The Labute approximate surface area is 77.1 Å². The predicted molar refractivity (Wildman–Crippen MR) is 44.7 cm³/mol. The van der Waals surface area contributed by atoms with Gasteiger partial charge in [0.1, 0.15) is 6.61 Å². The Balaban J connectivity index is 1.87. The molecule has 0 saturated carbocycles. The summed E-state index contributed by atoms with van der Waals surface area (Å²) in [7, 11) is 1.38. The van der Waals surface area contributed by atoms with Crippen LogP contribution in [0, 0.1) is 0 Å². The van der Waals surface area contributed by atoms with Crippen molar-refractivity contribution in [3.05, 3.63) is 0 Å². The summed E-state index contributed by atoms with van der Waals surface area (Å²) in [4.78, 5) is 10.7. The smallest absolute Gasteiger partial charge is 0.305 e. The number of hydrogen-bond acceptors (Lipinski definition) is 5. The molecule has 0 aromatic carbocycles. The zero-order valence-electron chi connectivity index (χ0n) is 7.75. The topological polar surface area (TPSA) is 74.1 Å². The normalized spacial score (nSPS) is 25.7. The Hall–Kier alpha value is -0.650. The van der Waals surface area contributed by atoms with Crippen molar-refractivity contribution in [1.82, 2.24) is 0 Å². The summed E-state index contributed by atoms with van der Waals surface area (Å²) < 4.78 is 14.4.